The molecule has 0 fully saturated rings. The number of carbonyl (C=O) groups is 1. The average molecular weight is 340 g/mol. The van der Waals surface area contributed by atoms with E-state index >= 15 is 0 Å². The number of likely N-dealkylation sites (N-methyl/N-ethyl adjacent to an activating group) is 1. The lowest BCUT2D eigenvalue weighted by Crippen LogP contribution is -2.28. The number of nitrogens with one attached hydrogen (secondary N) is 1. The van der Waals surface area contributed by atoms with Crippen LogP contribution < -0.4 is 5.32 Å². The largest absolute Gasteiger partial charge is 0.367 e. The molecule has 0 heterocycles. The van der Waals surface area contributed by atoms with E-state index in [-0.39, 0.29) is 5.91 Å². The number of ketones is 1. The monoisotopic (exact) mass is 340 g/mol. The second-order valence-electron chi connectivity index (χ2n) is 6.28. The fraction of sp³-hybridized carbons (Fsp3) is 0.333. The SMILES string of the molecule is C=C1C=CC(C)=CC1=[O+]Cc1cc(C)cc(C)c1C(OC)C(=O)NC. The summed E-state index contributed by atoms with van der Waals surface area (Å²) in [6.07, 6.45) is 5.25. The van der Waals surface area contributed by atoms with Crippen LogP contribution in [-0.4, -0.2) is 25.8 Å². The van der Waals surface area contributed by atoms with Crippen molar-refractivity contribution in [3.8, 4) is 0 Å². The molecule has 0 radical (unpaired) electrons. The number of allylic oxidation sites excluding steroid dienone is 5. The summed E-state index contributed by atoms with van der Waals surface area (Å²) in [6.45, 7) is 10.4. The van der Waals surface area contributed by atoms with Gasteiger partial charge in [0.05, 0.1) is 11.1 Å². The van der Waals surface area contributed by atoms with Crippen LogP contribution in [0.5, 0.6) is 0 Å². The smallest absolute Gasteiger partial charge is 0.350 e. The molecule has 1 aromatic rings. The summed E-state index contributed by atoms with van der Waals surface area (Å²) in [7, 11) is 3.15. The Bertz CT molecular complexity index is 785. The number of ether oxygens (including phenoxy) is 1. The lowest BCUT2D eigenvalue weighted by molar-refractivity contribution is -0.474. The van der Waals surface area contributed by atoms with E-state index in [0.29, 0.717) is 6.61 Å². The second-order valence-corrected chi connectivity index (χ2v) is 6.28. The first kappa shape index (κ1) is 18.9. The van der Waals surface area contributed by atoms with Gasteiger partial charge in [0.1, 0.15) is 0 Å². The van der Waals surface area contributed by atoms with Gasteiger partial charge in [-0.15, -0.1) is 0 Å². The summed E-state index contributed by atoms with van der Waals surface area (Å²) in [6, 6.07) is 4.09. The second kappa shape index (κ2) is 8.08. The lowest BCUT2D eigenvalue weighted by Gasteiger charge is -2.19. The molecule has 0 aliphatic heterocycles. The maximum atomic E-state index is 12.2. The molecule has 0 saturated heterocycles. The number of benzene rings is 1. The average Bonchev–Trinajstić information content (AvgIpc) is 2.57. The van der Waals surface area contributed by atoms with Crippen molar-refractivity contribution < 1.29 is 14.0 Å². The van der Waals surface area contributed by atoms with Gasteiger partial charge in [-0.25, -0.2) is 4.42 Å². The molecule has 1 aromatic carbocycles. The minimum atomic E-state index is -0.666. The highest BCUT2D eigenvalue weighted by Gasteiger charge is 2.26. The third-order valence-electron chi connectivity index (χ3n) is 4.21. The minimum absolute atomic E-state index is 0.177. The zero-order valence-electron chi connectivity index (χ0n) is 15.6. The molecule has 1 unspecified atom stereocenters. The van der Waals surface area contributed by atoms with Gasteiger partial charge in [-0.3, -0.25) is 4.79 Å². The molecule has 1 atom stereocenters. The molecule has 0 bridgehead atoms. The van der Waals surface area contributed by atoms with E-state index in [9.17, 15) is 4.79 Å². The molecule has 1 aliphatic rings. The number of amides is 1. The van der Waals surface area contributed by atoms with E-state index in [2.05, 4.69) is 11.9 Å². The molecule has 4 nitrogen and oxygen atoms in total. The van der Waals surface area contributed by atoms with Gasteiger partial charge in [-0.05, 0) is 44.1 Å². The van der Waals surface area contributed by atoms with Crippen LogP contribution in [0.1, 0.15) is 35.3 Å². The van der Waals surface area contributed by atoms with Crippen LogP contribution in [0.2, 0.25) is 0 Å². The Morgan fingerprint density at radius 3 is 2.64 bits per heavy atom. The van der Waals surface area contributed by atoms with Gasteiger partial charge in [-0.2, -0.15) is 0 Å². The summed E-state index contributed by atoms with van der Waals surface area (Å²) < 4.78 is 11.5. The van der Waals surface area contributed by atoms with E-state index < -0.39 is 6.10 Å². The van der Waals surface area contributed by atoms with Gasteiger partial charge in [0.15, 0.2) is 6.10 Å². The highest BCUT2D eigenvalue weighted by Crippen LogP contribution is 2.27. The van der Waals surface area contributed by atoms with Crippen molar-refractivity contribution in [3.05, 3.63) is 70.3 Å². The molecule has 25 heavy (non-hydrogen) atoms. The highest BCUT2D eigenvalue weighted by atomic mass is 16.5. The third kappa shape index (κ3) is 4.34. The fourth-order valence-electron chi connectivity index (χ4n) is 3.00. The predicted molar refractivity (Wildman–Crippen MR) is 100 cm³/mol. The van der Waals surface area contributed by atoms with Gasteiger partial charge >= 0.3 is 5.78 Å². The number of aryl methyl sites for hydroxylation is 2. The number of carbonyl (C=O) groups excluding carboxylic acids is 2. The molecule has 4 heteroatoms. The molecule has 0 spiro atoms. The van der Waals surface area contributed by atoms with Crippen molar-refractivity contribution >= 4 is 11.7 Å². The molecular formula is C21H26NO3+. The summed E-state index contributed by atoms with van der Waals surface area (Å²) in [5.41, 5.74) is 5.87. The van der Waals surface area contributed by atoms with Crippen LogP contribution in [0.3, 0.4) is 0 Å². The Balaban J connectivity index is 2.45. The molecular weight excluding hydrogens is 314 g/mol. The number of hydrogen-bond donors (Lipinski definition) is 1. The standard InChI is InChI=1S/C21H25NO3/c1-13-7-8-15(3)18(11-13)25-12-17-10-14(2)9-16(4)19(17)20(24-6)21(23)22-5/h7-11,20H,3,12H2,1-2,4-6H3/p+1. The first-order valence-electron chi connectivity index (χ1n) is 8.27. The fourth-order valence-corrected chi connectivity index (χ4v) is 3.00. The number of methoxy groups -OCH3 is 1. The molecule has 2 rings (SSSR count). The molecule has 132 valence electrons. The summed E-state index contributed by atoms with van der Waals surface area (Å²) in [5, 5.41) is 2.66. The van der Waals surface area contributed by atoms with Crippen LogP contribution in [0.15, 0.2) is 48.1 Å². The van der Waals surface area contributed by atoms with Crippen LogP contribution in [0.4, 0.5) is 0 Å². The van der Waals surface area contributed by atoms with Crippen molar-refractivity contribution in [1.29, 1.82) is 0 Å². The molecule has 0 saturated carbocycles. The normalized spacial score (nSPS) is 16.8. The molecule has 1 N–H and O–H groups in total. The Morgan fingerprint density at radius 2 is 2.00 bits per heavy atom. The first-order chi connectivity index (χ1) is 11.9. The van der Waals surface area contributed by atoms with E-state index in [4.69, 9.17) is 9.16 Å². The Hall–Kier alpha value is -2.46. The van der Waals surface area contributed by atoms with Crippen LogP contribution in [0, 0.1) is 13.8 Å². The summed E-state index contributed by atoms with van der Waals surface area (Å²) in [5.74, 6) is 0.572. The van der Waals surface area contributed by atoms with Gasteiger partial charge in [0.2, 0.25) is 0 Å². The van der Waals surface area contributed by atoms with Gasteiger partial charge < -0.3 is 10.1 Å². The van der Waals surface area contributed by atoms with Crippen molar-refractivity contribution in [2.24, 2.45) is 0 Å². The zero-order valence-corrected chi connectivity index (χ0v) is 15.6. The first-order valence-corrected chi connectivity index (χ1v) is 8.27. The van der Waals surface area contributed by atoms with Gasteiger partial charge in [-0.1, -0.05) is 24.3 Å². The minimum Gasteiger partial charge on any atom is -0.367 e. The molecule has 1 aliphatic carbocycles. The number of rotatable bonds is 5. The maximum absolute atomic E-state index is 12.2. The Kier molecular flexibility index (Phi) is 6.10. The topological polar surface area (TPSA) is 49.6 Å². The van der Waals surface area contributed by atoms with Crippen molar-refractivity contribution in [1.82, 2.24) is 5.32 Å². The van der Waals surface area contributed by atoms with Crippen LogP contribution in [0.25, 0.3) is 0 Å². The lowest BCUT2D eigenvalue weighted by atomic mass is 9.94. The summed E-state index contributed by atoms with van der Waals surface area (Å²) >= 11 is 0. The van der Waals surface area contributed by atoms with E-state index in [1.165, 1.54) is 0 Å². The predicted octanol–water partition coefficient (Wildman–Crippen LogP) is 3.41. The zero-order chi connectivity index (χ0) is 18.6. The number of hydrogen-bond acceptors (Lipinski definition) is 2. The summed E-state index contributed by atoms with van der Waals surface area (Å²) in [4.78, 5) is 12.2. The van der Waals surface area contributed by atoms with Gasteiger partial charge in [0, 0.05) is 25.8 Å². The van der Waals surface area contributed by atoms with Crippen molar-refractivity contribution in [3.63, 3.8) is 0 Å². The van der Waals surface area contributed by atoms with E-state index in [1.807, 2.05) is 51.1 Å². The van der Waals surface area contributed by atoms with Crippen molar-refractivity contribution in [2.45, 2.75) is 33.5 Å². The van der Waals surface area contributed by atoms with Crippen LogP contribution in [-0.2, 0) is 20.6 Å². The van der Waals surface area contributed by atoms with Crippen LogP contribution >= 0.6 is 0 Å². The maximum Gasteiger partial charge on any atom is 0.350 e. The molecule has 1 amide bonds. The van der Waals surface area contributed by atoms with Gasteiger partial charge in [0.25, 0.3) is 12.5 Å². The Labute approximate surface area is 149 Å². The third-order valence-corrected chi connectivity index (χ3v) is 4.21. The molecule has 0 aromatic heterocycles. The quantitative estimate of drug-likeness (QED) is 0.659. The van der Waals surface area contributed by atoms with E-state index in [1.54, 1.807) is 14.2 Å². The highest BCUT2D eigenvalue weighted by molar-refractivity contribution is 6.07. The van der Waals surface area contributed by atoms with E-state index in [0.717, 1.165) is 39.2 Å². The Morgan fingerprint density at radius 1 is 1.28 bits per heavy atom. The van der Waals surface area contributed by atoms with Crippen molar-refractivity contribution in [2.75, 3.05) is 14.2 Å².